The van der Waals surface area contributed by atoms with Crippen LogP contribution in [0.15, 0.2) is 29.6 Å². The van der Waals surface area contributed by atoms with E-state index in [1.54, 1.807) is 11.3 Å². The molecule has 0 saturated heterocycles. The van der Waals surface area contributed by atoms with Gasteiger partial charge in [-0.05, 0) is 38.1 Å². The van der Waals surface area contributed by atoms with Crippen molar-refractivity contribution >= 4 is 11.3 Å². The fourth-order valence-electron chi connectivity index (χ4n) is 1.38. The first kappa shape index (κ1) is 10.2. The summed E-state index contributed by atoms with van der Waals surface area (Å²) in [6, 6.07) is 8.04. The van der Waals surface area contributed by atoms with Crippen LogP contribution in [-0.2, 0) is 0 Å². The van der Waals surface area contributed by atoms with E-state index >= 15 is 0 Å². The van der Waals surface area contributed by atoms with Gasteiger partial charge in [0.1, 0.15) is 5.75 Å². The van der Waals surface area contributed by atoms with Crippen LogP contribution in [0.5, 0.6) is 5.75 Å². The number of hydrogen-bond acceptors (Lipinski definition) is 3. The fraction of sp³-hybridized carbons (Fsp3) is 0.250. The zero-order valence-electron chi connectivity index (χ0n) is 8.86. The third kappa shape index (κ3) is 2.36. The quantitative estimate of drug-likeness (QED) is 0.788. The Hall–Kier alpha value is -1.35. The second kappa shape index (κ2) is 4.45. The molecule has 0 fully saturated rings. The van der Waals surface area contributed by atoms with Crippen molar-refractivity contribution in [1.29, 1.82) is 0 Å². The molecule has 0 atom stereocenters. The predicted octanol–water partition coefficient (Wildman–Crippen LogP) is 3.52. The maximum atomic E-state index is 5.38. The monoisotopic (exact) mass is 219 g/mol. The standard InChI is InChI=1S/C12H13NOS/c1-3-14-11-6-4-10(5-7-11)12-8-15-9(2)13-12/h4-8H,3H2,1-2H3. The van der Waals surface area contributed by atoms with Gasteiger partial charge in [-0.15, -0.1) is 11.3 Å². The molecule has 0 amide bonds. The number of ether oxygens (including phenoxy) is 1. The lowest BCUT2D eigenvalue weighted by molar-refractivity contribution is 0.340. The van der Waals surface area contributed by atoms with Crippen LogP contribution in [-0.4, -0.2) is 11.6 Å². The van der Waals surface area contributed by atoms with E-state index in [-0.39, 0.29) is 0 Å². The van der Waals surface area contributed by atoms with Gasteiger partial charge >= 0.3 is 0 Å². The second-order valence-electron chi connectivity index (χ2n) is 3.21. The zero-order chi connectivity index (χ0) is 10.7. The Morgan fingerprint density at radius 3 is 2.53 bits per heavy atom. The summed E-state index contributed by atoms with van der Waals surface area (Å²) in [6.07, 6.45) is 0. The molecule has 0 spiro atoms. The highest BCUT2D eigenvalue weighted by Crippen LogP contribution is 2.23. The SMILES string of the molecule is CCOc1ccc(-c2csc(C)n2)cc1. The highest BCUT2D eigenvalue weighted by Gasteiger charge is 2.01. The van der Waals surface area contributed by atoms with Gasteiger partial charge in [0.05, 0.1) is 17.3 Å². The summed E-state index contributed by atoms with van der Waals surface area (Å²) in [6.45, 7) is 4.70. The molecule has 0 unspecified atom stereocenters. The van der Waals surface area contributed by atoms with Gasteiger partial charge in [0, 0.05) is 10.9 Å². The molecule has 0 bridgehead atoms. The predicted molar refractivity (Wildman–Crippen MR) is 63.5 cm³/mol. The topological polar surface area (TPSA) is 22.1 Å². The molecule has 0 N–H and O–H groups in total. The molecule has 15 heavy (non-hydrogen) atoms. The first-order chi connectivity index (χ1) is 7.29. The fourth-order valence-corrected chi connectivity index (χ4v) is 2.01. The first-order valence-corrected chi connectivity index (χ1v) is 5.83. The molecule has 0 aliphatic carbocycles. The summed E-state index contributed by atoms with van der Waals surface area (Å²) in [5.74, 6) is 0.910. The molecule has 2 rings (SSSR count). The van der Waals surface area contributed by atoms with Crippen molar-refractivity contribution in [3.8, 4) is 17.0 Å². The maximum Gasteiger partial charge on any atom is 0.119 e. The molecule has 3 heteroatoms. The van der Waals surface area contributed by atoms with E-state index in [0.717, 1.165) is 22.0 Å². The highest BCUT2D eigenvalue weighted by atomic mass is 32.1. The van der Waals surface area contributed by atoms with E-state index in [1.165, 1.54) is 0 Å². The van der Waals surface area contributed by atoms with Gasteiger partial charge in [0.25, 0.3) is 0 Å². The van der Waals surface area contributed by atoms with Crippen molar-refractivity contribution in [3.05, 3.63) is 34.7 Å². The minimum absolute atomic E-state index is 0.704. The Kier molecular flexibility index (Phi) is 3.02. The number of nitrogens with zero attached hydrogens (tertiary/aromatic N) is 1. The van der Waals surface area contributed by atoms with Crippen molar-refractivity contribution < 1.29 is 4.74 Å². The van der Waals surface area contributed by atoms with Crippen molar-refractivity contribution in [2.75, 3.05) is 6.61 Å². The van der Waals surface area contributed by atoms with E-state index in [9.17, 15) is 0 Å². The average Bonchev–Trinajstić information content (AvgIpc) is 2.67. The van der Waals surface area contributed by atoms with Gasteiger partial charge in [0.2, 0.25) is 0 Å². The van der Waals surface area contributed by atoms with Gasteiger partial charge in [-0.25, -0.2) is 4.98 Å². The minimum Gasteiger partial charge on any atom is -0.494 e. The smallest absolute Gasteiger partial charge is 0.119 e. The molecule has 0 aliphatic heterocycles. The minimum atomic E-state index is 0.704. The number of thiazole rings is 1. The van der Waals surface area contributed by atoms with Crippen LogP contribution in [0.4, 0.5) is 0 Å². The van der Waals surface area contributed by atoms with Gasteiger partial charge in [0.15, 0.2) is 0 Å². The van der Waals surface area contributed by atoms with Crippen LogP contribution >= 0.6 is 11.3 Å². The zero-order valence-corrected chi connectivity index (χ0v) is 9.67. The number of benzene rings is 1. The Morgan fingerprint density at radius 2 is 2.00 bits per heavy atom. The normalized spacial score (nSPS) is 10.3. The van der Waals surface area contributed by atoms with E-state index in [4.69, 9.17) is 4.74 Å². The van der Waals surface area contributed by atoms with Crippen LogP contribution in [0, 0.1) is 6.92 Å². The van der Waals surface area contributed by atoms with Crippen LogP contribution in [0.2, 0.25) is 0 Å². The van der Waals surface area contributed by atoms with Gasteiger partial charge < -0.3 is 4.74 Å². The van der Waals surface area contributed by atoms with Crippen molar-refractivity contribution in [1.82, 2.24) is 4.98 Å². The summed E-state index contributed by atoms with van der Waals surface area (Å²) in [4.78, 5) is 4.43. The van der Waals surface area contributed by atoms with Gasteiger partial charge in [-0.2, -0.15) is 0 Å². The largest absolute Gasteiger partial charge is 0.494 e. The van der Waals surface area contributed by atoms with E-state index in [0.29, 0.717) is 6.61 Å². The lowest BCUT2D eigenvalue weighted by atomic mass is 10.2. The molecule has 1 aromatic heterocycles. The average molecular weight is 219 g/mol. The molecule has 0 radical (unpaired) electrons. The molecule has 78 valence electrons. The molecule has 1 heterocycles. The number of aryl methyl sites for hydroxylation is 1. The summed E-state index contributed by atoms with van der Waals surface area (Å²) in [5, 5.41) is 3.17. The summed E-state index contributed by atoms with van der Waals surface area (Å²) in [5.41, 5.74) is 2.18. The second-order valence-corrected chi connectivity index (χ2v) is 4.27. The van der Waals surface area contributed by atoms with Crippen LogP contribution in [0.25, 0.3) is 11.3 Å². The summed E-state index contributed by atoms with van der Waals surface area (Å²) < 4.78 is 5.38. The van der Waals surface area contributed by atoms with Gasteiger partial charge in [-0.1, -0.05) is 0 Å². The summed E-state index contributed by atoms with van der Waals surface area (Å²) >= 11 is 1.67. The lowest BCUT2D eigenvalue weighted by Gasteiger charge is -2.02. The molecule has 0 aliphatic rings. The molecule has 2 nitrogen and oxygen atoms in total. The maximum absolute atomic E-state index is 5.38. The van der Waals surface area contributed by atoms with Crippen molar-refractivity contribution in [3.63, 3.8) is 0 Å². The Labute approximate surface area is 93.6 Å². The number of aromatic nitrogens is 1. The number of rotatable bonds is 3. The highest BCUT2D eigenvalue weighted by molar-refractivity contribution is 7.09. The molecule has 2 aromatic rings. The molecule has 0 saturated carbocycles. The third-order valence-electron chi connectivity index (χ3n) is 2.08. The van der Waals surface area contributed by atoms with Crippen LogP contribution in [0.3, 0.4) is 0 Å². The lowest BCUT2D eigenvalue weighted by Crippen LogP contribution is -1.90. The van der Waals surface area contributed by atoms with Crippen molar-refractivity contribution in [2.24, 2.45) is 0 Å². The first-order valence-electron chi connectivity index (χ1n) is 4.95. The Balaban J connectivity index is 2.23. The molecular weight excluding hydrogens is 206 g/mol. The van der Waals surface area contributed by atoms with Gasteiger partial charge in [-0.3, -0.25) is 0 Å². The van der Waals surface area contributed by atoms with Crippen LogP contribution in [0.1, 0.15) is 11.9 Å². The van der Waals surface area contributed by atoms with E-state index in [1.807, 2.05) is 38.1 Å². The van der Waals surface area contributed by atoms with E-state index < -0.39 is 0 Å². The number of hydrogen-bond donors (Lipinski definition) is 0. The third-order valence-corrected chi connectivity index (χ3v) is 2.85. The molecular formula is C12H13NOS. The Morgan fingerprint density at radius 1 is 1.27 bits per heavy atom. The van der Waals surface area contributed by atoms with Crippen molar-refractivity contribution in [2.45, 2.75) is 13.8 Å². The van der Waals surface area contributed by atoms with E-state index in [2.05, 4.69) is 10.4 Å². The summed E-state index contributed by atoms with van der Waals surface area (Å²) in [7, 11) is 0. The molecule has 1 aromatic carbocycles. The van der Waals surface area contributed by atoms with Crippen LogP contribution < -0.4 is 4.74 Å². The Bertz CT molecular complexity index is 433.